The molecule has 100 valence electrons. The van der Waals surface area contributed by atoms with Gasteiger partial charge in [-0.25, -0.2) is 4.39 Å². The maximum absolute atomic E-state index is 13.1. The molecule has 3 atom stereocenters. The molecular formula is C14H20FNOS. The first-order valence-electron chi connectivity index (χ1n) is 6.40. The minimum absolute atomic E-state index is 0.297. The first-order chi connectivity index (χ1) is 8.70. The lowest BCUT2D eigenvalue weighted by Crippen LogP contribution is -2.36. The van der Waals surface area contributed by atoms with E-state index < -0.39 is 6.10 Å². The van der Waals surface area contributed by atoms with E-state index in [-0.39, 0.29) is 5.82 Å². The molecule has 1 fully saturated rings. The molecule has 1 saturated carbocycles. The minimum Gasteiger partial charge on any atom is -0.387 e. The van der Waals surface area contributed by atoms with Gasteiger partial charge in [-0.05, 0) is 36.8 Å². The fourth-order valence-corrected chi connectivity index (χ4v) is 3.50. The van der Waals surface area contributed by atoms with Gasteiger partial charge in [0, 0.05) is 17.8 Å². The van der Waals surface area contributed by atoms with Crippen LogP contribution >= 0.6 is 11.8 Å². The largest absolute Gasteiger partial charge is 0.387 e. The Labute approximate surface area is 112 Å². The molecule has 1 aromatic carbocycles. The highest BCUT2D eigenvalue weighted by molar-refractivity contribution is 7.99. The van der Waals surface area contributed by atoms with Gasteiger partial charge in [0.2, 0.25) is 0 Å². The van der Waals surface area contributed by atoms with Crippen molar-refractivity contribution < 1.29 is 9.50 Å². The van der Waals surface area contributed by atoms with Crippen molar-refractivity contribution in [1.29, 1.82) is 0 Å². The second kappa shape index (κ2) is 6.55. The van der Waals surface area contributed by atoms with Crippen LogP contribution in [-0.2, 0) is 0 Å². The van der Waals surface area contributed by atoms with Crippen LogP contribution in [0.4, 0.5) is 4.39 Å². The lowest BCUT2D eigenvalue weighted by Gasteiger charge is -2.21. The van der Waals surface area contributed by atoms with Crippen LogP contribution < -0.4 is 5.32 Å². The van der Waals surface area contributed by atoms with Gasteiger partial charge in [-0.2, -0.15) is 11.8 Å². The first kappa shape index (κ1) is 13.8. The molecule has 0 spiro atoms. The van der Waals surface area contributed by atoms with E-state index in [0.717, 1.165) is 0 Å². The summed E-state index contributed by atoms with van der Waals surface area (Å²) in [6, 6.07) is 6.66. The van der Waals surface area contributed by atoms with Gasteiger partial charge in [0.25, 0.3) is 0 Å². The molecule has 4 heteroatoms. The highest BCUT2D eigenvalue weighted by Gasteiger charge is 2.26. The van der Waals surface area contributed by atoms with Crippen LogP contribution in [-0.4, -0.2) is 29.2 Å². The maximum atomic E-state index is 13.1. The number of nitrogens with one attached hydrogen (secondary N) is 1. The average molecular weight is 269 g/mol. The van der Waals surface area contributed by atoms with E-state index in [1.165, 1.54) is 31.4 Å². The Kier molecular flexibility index (Phi) is 5.03. The number of thioether (sulfide) groups is 1. The normalized spacial score (nSPS) is 25.3. The van der Waals surface area contributed by atoms with Crippen molar-refractivity contribution in [2.45, 2.75) is 36.7 Å². The van der Waals surface area contributed by atoms with Crippen molar-refractivity contribution >= 4 is 11.8 Å². The quantitative estimate of drug-likeness (QED) is 0.862. The highest BCUT2D eigenvalue weighted by Crippen LogP contribution is 2.28. The number of aliphatic hydroxyl groups excluding tert-OH is 1. The number of hydrogen-bond donors (Lipinski definition) is 2. The summed E-state index contributed by atoms with van der Waals surface area (Å²) in [6.45, 7) is 0.491. The van der Waals surface area contributed by atoms with Gasteiger partial charge in [-0.15, -0.1) is 0 Å². The third-order valence-electron chi connectivity index (χ3n) is 3.56. The lowest BCUT2D eigenvalue weighted by atomic mass is 10.1. The van der Waals surface area contributed by atoms with Crippen LogP contribution in [0.2, 0.25) is 0 Å². The second-order valence-electron chi connectivity index (χ2n) is 4.79. The van der Waals surface area contributed by atoms with E-state index in [9.17, 15) is 9.50 Å². The summed E-state index contributed by atoms with van der Waals surface area (Å²) < 4.78 is 13.1. The summed E-state index contributed by atoms with van der Waals surface area (Å²) in [5.41, 5.74) is 0.640. The third-order valence-corrected chi connectivity index (χ3v) is 4.73. The Morgan fingerprint density at radius 2 is 2.33 bits per heavy atom. The fourth-order valence-electron chi connectivity index (χ4n) is 2.54. The Bertz CT molecular complexity index is 388. The SMILES string of the molecule is CSC1CCCC1NCC(O)c1cccc(F)c1. The number of hydrogen-bond acceptors (Lipinski definition) is 3. The lowest BCUT2D eigenvalue weighted by molar-refractivity contribution is 0.170. The molecule has 0 amide bonds. The van der Waals surface area contributed by atoms with E-state index in [2.05, 4.69) is 11.6 Å². The Morgan fingerprint density at radius 3 is 3.06 bits per heavy atom. The van der Waals surface area contributed by atoms with Gasteiger partial charge in [-0.3, -0.25) is 0 Å². The standard InChI is InChI=1S/C14H20FNOS/c1-18-14-7-3-6-12(14)16-9-13(17)10-4-2-5-11(15)8-10/h2,4-5,8,12-14,16-17H,3,6-7,9H2,1H3. The molecule has 2 nitrogen and oxygen atoms in total. The zero-order valence-corrected chi connectivity index (χ0v) is 11.4. The molecule has 1 aromatic rings. The summed E-state index contributed by atoms with van der Waals surface area (Å²) in [6.07, 6.45) is 5.16. The molecular weight excluding hydrogens is 249 g/mol. The second-order valence-corrected chi connectivity index (χ2v) is 5.87. The van der Waals surface area contributed by atoms with Crippen LogP contribution in [0.1, 0.15) is 30.9 Å². The van der Waals surface area contributed by atoms with E-state index in [4.69, 9.17) is 0 Å². The number of rotatable bonds is 5. The summed E-state index contributed by atoms with van der Waals surface area (Å²) in [5.74, 6) is -0.297. The zero-order chi connectivity index (χ0) is 13.0. The minimum atomic E-state index is -0.635. The van der Waals surface area contributed by atoms with Gasteiger partial charge in [0.05, 0.1) is 6.10 Å². The zero-order valence-electron chi connectivity index (χ0n) is 10.6. The number of halogens is 1. The maximum Gasteiger partial charge on any atom is 0.123 e. The third kappa shape index (κ3) is 3.46. The van der Waals surface area contributed by atoms with Crippen LogP contribution in [0.15, 0.2) is 24.3 Å². The average Bonchev–Trinajstić information content (AvgIpc) is 2.83. The van der Waals surface area contributed by atoms with E-state index in [0.29, 0.717) is 23.4 Å². The van der Waals surface area contributed by atoms with Gasteiger partial charge >= 0.3 is 0 Å². The van der Waals surface area contributed by atoms with E-state index in [1.54, 1.807) is 12.1 Å². The predicted molar refractivity (Wildman–Crippen MR) is 74.3 cm³/mol. The number of benzene rings is 1. The molecule has 0 aromatic heterocycles. The van der Waals surface area contributed by atoms with Crippen molar-refractivity contribution in [3.8, 4) is 0 Å². The van der Waals surface area contributed by atoms with Gasteiger partial charge in [-0.1, -0.05) is 18.6 Å². The molecule has 0 saturated heterocycles. The van der Waals surface area contributed by atoms with Gasteiger partial charge < -0.3 is 10.4 Å². The molecule has 0 bridgehead atoms. The molecule has 2 rings (SSSR count). The van der Waals surface area contributed by atoms with Crippen molar-refractivity contribution in [1.82, 2.24) is 5.32 Å². The van der Waals surface area contributed by atoms with Crippen LogP contribution in [0.5, 0.6) is 0 Å². The van der Waals surface area contributed by atoms with E-state index >= 15 is 0 Å². The summed E-state index contributed by atoms with van der Waals surface area (Å²) in [5, 5.41) is 14.1. The van der Waals surface area contributed by atoms with Crippen molar-refractivity contribution in [3.05, 3.63) is 35.6 Å². The molecule has 3 unspecified atom stereocenters. The van der Waals surface area contributed by atoms with Crippen molar-refractivity contribution in [3.63, 3.8) is 0 Å². The monoisotopic (exact) mass is 269 g/mol. The highest BCUT2D eigenvalue weighted by atomic mass is 32.2. The fraction of sp³-hybridized carbons (Fsp3) is 0.571. The molecule has 0 aliphatic heterocycles. The van der Waals surface area contributed by atoms with Crippen molar-refractivity contribution in [2.24, 2.45) is 0 Å². The Hall–Kier alpha value is -0.580. The predicted octanol–water partition coefficient (Wildman–Crippen LogP) is 2.73. The summed E-state index contributed by atoms with van der Waals surface area (Å²) in [4.78, 5) is 0. The number of aliphatic hydroxyl groups is 1. The molecule has 2 N–H and O–H groups in total. The smallest absolute Gasteiger partial charge is 0.123 e. The molecule has 1 aliphatic carbocycles. The molecule has 0 radical (unpaired) electrons. The molecule has 18 heavy (non-hydrogen) atoms. The van der Waals surface area contributed by atoms with Gasteiger partial charge in [0.1, 0.15) is 5.82 Å². The molecule has 1 aliphatic rings. The summed E-state index contributed by atoms with van der Waals surface area (Å²) in [7, 11) is 0. The van der Waals surface area contributed by atoms with E-state index in [1.807, 2.05) is 11.8 Å². The van der Waals surface area contributed by atoms with Gasteiger partial charge in [0.15, 0.2) is 0 Å². The Balaban J connectivity index is 1.86. The summed E-state index contributed by atoms with van der Waals surface area (Å²) >= 11 is 1.89. The Morgan fingerprint density at radius 1 is 1.50 bits per heavy atom. The van der Waals surface area contributed by atoms with Crippen molar-refractivity contribution in [2.75, 3.05) is 12.8 Å². The van der Waals surface area contributed by atoms with Crippen LogP contribution in [0.25, 0.3) is 0 Å². The first-order valence-corrected chi connectivity index (χ1v) is 7.69. The topological polar surface area (TPSA) is 32.3 Å². The molecule has 0 heterocycles. The van der Waals surface area contributed by atoms with Crippen LogP contribution in [0, 0.1) is 5.82 Å². The van der Waals surface area contributed by atoms with Crippen LogP contribution in [0.3, 0.4) is 0 Å².